The van der Waals surface area contributed by atoms with Crippen LogP contribution in [0.1, 0.15) is 31.5 Å². The van der Waals surface area contributed by atoms with Gasteiger partial charge in [-0.25, -0.2) is 4.98 Å². The summed E-state index contributed by atoms with van der Waals surface area (Å²) in [6, 6.07) is 1.60. The number of rotatable bonds is 2. The molecule has 0 saturated carbocycles. The van der Waals surface area contributed by atoms with Crippen LogP contribution in [0.5, 0.6) is 5.88 Å². The minimum absolute atomic E-state index is 0.140. The maximum Gasteiger partial charge on any atom is 0.309 e. The average molecular weight is 234 g/mol. The van der Waals surface area contributed by atoms with Crippen molar-refractivity contribution in [3.8, 4) is 5.88 Å². The molecule has 0 saturated heterocycles. The molecule has 0 aromatic carbocycles. The van der Waals surface area contributed by atoms with Gasteiger partial charge in [-0.15, -0.1) is 0 Å². The molecule has 1 heterocycles. The summed E-state index contributed by atoms with van der Waals surface area (Å²) >= 11 is 0. The lowest BCUT2D eigenvalue weighted by Gasteiger charge is -2.10. The molecule has 0 spiro atoms. The molecule has 2 rings (SSSR count). The Kier molecular flexibility index (Phi) is 3.08. The van der Waals surface area contributed by atoms with Crippen molar-refractivity contribution >= 4 is 17.6 Å². The Morgan fingerprint density at radius 2 is 2.12 bits per heavy atom. The summed E-state index contributed by atoms with van der Waals surface area (Å²) in [5.74, 6) is -0.301. The van der Waals surface area contributed by atoms with Gasteiger partial charge in [0.05, 0.1) is 5.69 Å². The molecule has 0 aliphatic heterocycles. The van der Waals surface area contributed by atoms with Gasteiger partial charge in [0.15, 0.2) is 0 Å². The number of hydrogen-bond acceptors (Lipinski definition) is 4. The number of pyridine rings is 1. The number of nitrogens with one attached hydrogen (secondary N) is 1. The second-order valence-corrected chi connectivity index (χ2v) is 4.06. The molecule has 1 aromatic rings. The van der Waals surface area contributed by atoms with Crippen LogP contribution in [-0.2, 0) is 22.4 Å². The lowest BCUT2D eigenvalue weighted by atomic mass is 10.2. The summed E-state index contributed by atoms with van der Waals surface area (Å²) in [7, 11) is 0. The molecule has 1 N–H and O–H groups in total. The summed E-state index contributed by atoms with van der Waals surface area (Å²) < 4.78 is 4.96. The Hall–Kier alpha value is -1.91. The number of anilines is 1. The second-order valence-electron chi connectivity index (χ2n) is 4.06. The number of ether oxygens (including phenoxy) is 1. The van der Waals surface area contributed by atoms with E-state index in [-0.39, 0.29) is 11.8 Å². The van der Waals surface area contributed by atoms with Gasteiger partial charge in [-0.2, -0.15) is 0 Å². The zero-order chi connectivity index (χ0) is 12.4. The monoisotopic (exact) mass is 234 g/mol. The van der Waals surface area contributed by atoms with Gasteiger partial charge in [0.25, 0.3) is 0 Å². The van der Waals surface area contributed by atoms with Crippen LogP contribution in [0, 0.1) is 0 Å². The highest BCUT2D eigenvalue weighted by Gasteiger charge is 2.19. The normalized spacial score (nSPS) is 13.1. The molecule has 0 unspecified atom stereocenters. The molecule has 1 aliphatic rings. The van der Waals surface area contributed by atoms with Crippen molar-refractivity contribution in [3.05, 3.63) is 17.3 Å². The van der Waals surface area contributed by atoms with E-state index in [2.05, 4.69) is 10.3 Å². The average Bonchev–Trinajstić information content (AvgIpc) is 2.63. The van der Waals surface area contributed by atoms with Gasteiger partial charge in [-0.1, -0.05) is 0 Å². The van der Waals surface area contributed by atoms with Crippen molar-refractivity contribution in [3.63, 3.8) is 0 Å². The number of esters is 1. The first-order chi connectivity index (χ1) is 8.06. The van der Waals surface area contributed by atoms with Crippen LogP contribution >= 0.6 is 0 Å². The molecule has 0 radical (unpaired) electrons. The van der Waals surface area contributed by atoms with E-state index in [0.29, 0.717) is 5.69 Å². The Bertz CT molecular complexity index is 483. The minimum Gasteiger partial charge on any atom is -0.408 e. The molecule has 0 bridgehead atoms. The molecule has 1 aliphatic carbocycles. The van der Waals surface area contributed by atoms with Crippen molar-refractivity contribution in [2.75, 3.05) is 5.32 Å². The fourth-order valence-corrected chi connectivity index (χ4v) is 2.02. The van der Waals surface area contributed by atoms with Crippen molar-refractivity contribution in [2.24, 2.45) is 0 Å². The van der Waals surface area contributed by atoms with Gasteiger partial charge in [-0.3, -0.25) is 9.59 Å². The van der Waals surface area contributed by atoms with E-state index in [1.54, 1.807) is 6.07 Å². The first-order valence-corrected chi connectivity index (χ1v) is 5.55. The summed E-state index contributed by atoms with van der Waals surface area (Å²) in [5.41, 5.74) is 2.67. The SMILES string of the molecule is CC(=O)Nc1cc(OC(C)=O)nc2c1CCC2. The molecule has 1 amide bonds. The van der Waals surface area contributed by atoms with Crippen LogP contribution < -0.4 is 10.1 Å². The van der Waals surface area contributed by atoms with Gasteiger partial charge in [0, 0.05) is 25.6 Å². The lowest BCUT2D eigenvalue weighted by molar-refractivity contribution is -0.132. The van der Waals surface area contributed by atoms with Crippen LogP contribution in [0.2, 0.25) is 0 Å². The summed E-state index contributed by atoms with van der Waals surface area (Å²) in [5, 5.41) is 2.75. The van der Waals surface area contributed by atoms with Crippen molar-refractivity contribution < 1.29 is 14.3 Å². The molecular weight excluding hydrogens is 220 g/mol. The second kappa shape index (κ2) is 4.53. The van der Waals surface area contributed by atoms with Crippen molar-refractivity contribution in [2.45, 2.75) is 33.1 Å². The third-order valence-electron chi connectivity index (χ3n) is 2.59. The van der Waals surface area contributed by atoms with E-state index >= 15 is 0 Å². The Labute approximate surface area is 99.2 Å². The molecular formula is C12H14N2O3. The number of amides is 1. The van der Waals surface area contributed by atoms with Crippen LogP contribution in [0.4, 0.5) is 5.69 Å². The van der Waals surface area contributed by atoms with Gasteiger partial charge in [0.1, 0.15) is 0 Å². The van der Waals surface area contributed by atoms with E-state index in [4.69, 9.17) is 4.74 Å². The van der Waals surface area contributed by atoms with E-state index in [9.17, 15) is 9.59 Å². The van der Waals surface area contributed by atoms with E-state index in [0.717, 1.165) is 30.5 Å². The number of hydrogen-bond donors (Lipinski definition) is 1. The topological polar surface area (TPSA) is 68.3 Å². The van der Waals surface area contributed by atoms with Gasteiger partial charge in [0.2, 0.25) is 11.8 Å². The Morgan fingerprint density at radius 3 is 2.76 bits per heavy atom. The summed E-state index contributed by atoms with van der Waals surface area (Å²) in [4.78, 5) is 26.3. The fourth-order valence-electron chi connectivity index (χ4n) is 2.02. The third-order valence-corrected chi connectivity index (χ3v) is 2.59. The van der Waals surface area contributed by atoms with Crippen LogP contribution in [-0.4, -0.2) is 16.9 Å². The van der Waals surface area contributed by atoms with E-state index in [1.807, 2.05) is 0 Å². The molecule has 5 nitrogen and oxygen atoms in total. The van der Waals surface area contributed by atoms with Gasteiger partial charge < -0.3 is 10.1 Å². The molecule has 0 fully saturated rings. The quantitative estimate of drug-likeness (QED) is 0.786. The lowest BCUT2D eigenvalue weighted by Crippen LogP contribution is -2.11. The number of carbonyl (C=O) groups excluding carboxylic acids is 2. The van der Waals surface area contributed by atoms with E-state index < -0.39 is 5.97 Å². The van der Waals surface area contributed by atoms with Crippen LogP contribution in [0.3, 0.4) is 0 Å². The van der Waals surface area contributed by atoms with Crippen LogP contribution in [0.25, 0.3) is 0 Å². The molecule has 17 heavy (non-hydrogen) atoms. The zero-order valence-electron chi connectivity index (χ0n) is 9.87. The summed E-state index contributed by atoms with van der Waals surface area (Å²) in [6.45, 7) is 2.78. The Balaban J connectivity index is 2.38. The number of carbonyl (C=O) groups is 2. The summed E-state index contributed by atoms with van der Waals surface area (Å²) in [6.07, 6.45) is 2.77. The smallest absolute Gasteiger partial charge is 0.309 e. The molecule has 5 heteroatoms. The van der Waals surface area contributed by atoms with Gasteiger partial charge in [-0.05, 0) is 24.8 Å². The predicted octanol–water partition coefficient (Wildman–Crippen LogP) is 1.45. The number of aromatic nitrogens is 1. The highest BCUT2D eigenvalue weighted by molar-refractivity contribution is 5.90. The Morgan fingerprint density at radius 1 is 1.35 bits per heavy atom. The van der Waals surface area contributed by atoms with Gasteiger partial charge >= 0.3 is 5.97 Å². The molecule has 1 aromatic heterocycles. The van der Waals surface area contributed by atoms with Crippen molar-refractivity contribution in [1.29, 1.82) is 0 Å². The standard InChI is InChI=1S/C12H14N2O3/c1-7(15)13-11-6-12(17-8(2)16)14-10-5-3-4-9(10)11/h6H,3-5H2,1-2H3,(H,13,14,15). The maximum absolute atomic E-state index is 11.1. The molecule has 90 valence electrons. The largest absolute Gasteiger partial charge is 0.408 e. The zero-order valence-corrected chi connectivity index (χ0v) is 9.87. The number of fused-ring (bicyclic) bond motifs is 1. The van der Waals surface area contributed by atoms with Crippen molar-refractivity contribution in [1.82, 2.24) is 4.98 Å². The first-order valence-electron chi connectivity index (χ1n) is 5.55. The number of nitrogens with zero attached hydrogens (tertiary/aromatic N) is 1. The molecule has 0 atom stereocenters. The minimum atomic E-state index is -0.413. The van der Waals surface area contributed by atoms with E-state index in [1.165, 1.54) is 13.8 Å². The van der Waals surface area contributed by atoms with Crippen LogP contribution in [0.15, 0.2) is 6.07 Å². The fraction of sp³-hybridized carbons (Fsp3) is 0.417. The number of aryl methyl sites for hydroxylation is 1. The first kappa shape index (κ1) is 11.6. The predicted molar refractivity (Wildman–Crippen MR) is 61.9 cm³/mol. The third kappa shape index (κ3) is 2.61. The maximum atomic E-state index is 11.1. The highest BCUT2D eigenvalue weighted by atomic mass is 16.5. The highest BCUT2D eigenvalue weighted by Crippen LogP contribution is 2.30.